The Morgan fingerprint density at radius 2 is 1.79 bits per heavy atom. The van der Waals surface area contributed by atoms with Gasteiger partial charge in [-0.3, -0.25) is 9.59 Å². The molecule has 0 atom stereocenters. The van der Waals surface area contributed by atoms with E-state index in [-0.39, 0.29) is 11.6 Å². The second-order valence-electron chi connectivity index (χ2n) is 6.69. The topological polar surface area (TPSA) is 59.9 Å². The molecule has 0 aliphatic carbocycles. The van der Waals surface area contributed by atoms with Crippen LogP contribution in [0.2, 0.25) is 0 Å². The molecule has 6 heteroatoms. The maximum absolute atomic E-state index is 12.8. The van der Waals surface area contributed by atoms with E-state index in [0.717, 1.165) is 39.7 Å². The van der Waals surface area contributed by atoms with Gasteiger partial charge >= 0.3 is 0 Å². The molecular formula is C23H24N2O2S2. The van der Waals surface area contributed by atoms with Crippen LogP contribution in [0.4, 0.5) is 0 Å². The highest BCUT2D eigenvalue weighted by molar-refractivity contribution is 7.21. The first-order chi connectivity index (χ1) is 14.2. The Kier molecular flexibility index (Phi) is 8.02. The smallest absolute Gasteiger partial charge is 0.182 e. The molecule has 4 nitrogen and oxygen atoms in total. The molecule has 29 heavy (non-hydrogen) atoms. The van der Waals surface area contributed by atoms with Crippen LogP contribution in [0.15, 0.2) is 41.9 Å². The van der Waals surface area contributed by atoms with Gasteiger partial charge in [-0.1, -0.05) is 49.8 Å². The zero-order valence-electron chi connectivity index (χ0n) is 16.5. The lowest BCUT2D eigenvalue weighted by molar-refractivity contribution is -0.118. The van der Waals surface area contributed by atoms with Crippen LogP contribution in [0.1, 0.15) is 66.4 Å². The van der Waals surface area contributed by atoms with E-state index in [1.54, 1.807) is 6.20 Å². The van der Waals surface area contributed by atoms with Crippen molar-refractivity contribution >= 4 is 46.4 Å². The Labute approximate surface area is 179 Å². The Bertz CT molecular complexity index is 960. The first-order valence-corrected chi connectivity index (χ1v) is 11.6. The van der Waals surface area contributed by atoms with Crippen LogP contribution in [0.5, 0.6) is 0 Å². The molecule has 0 bridgehead atoms. The summed E-state index contributed by atoms with van der Waals surface area (Å²) >= 11 is 3.02. The third-order valence-corrected chi connectivity index (χ3v) is 6.45. The molecule has 0 saturated carbocycles. The van der Waals surface area contributed by atoms with Gasteiger partial charge in [0.25, 0.3) is 0 Å². The minimum absolute atomic E-state index is 0.0542. The summed E-state index contributed by atoms with van der Waals surface area (Å²) in [5.74, 6) is 0.343. The van der Waals surface area contributed by atoms with E-state index in [4.69, 9.17) is 0 Å². The lowest BCUT2D eigenvalue weighted by atomic mass is 10.1. The Morgan fingerprint density at radius 1 is 1.00 bits per heavy atom. The number of ketones is 2. The van der Waals surface area contributed by atoms with E-state index in [2.05, 4.69) is 9.97 Å². The average molecular weight is 425 g/mol. The zero-order chi connectivity index (χ0) is 20.5. The van der Waals surface area contributed by atoms with Crippen molar-refractivity contribution in [1.29, 1.82) is 0 Å². The molecule has 0 spiro atoms. The molecule has 150 valence electrons. The van der Waals surface area contributed by atoms with Gasteiger partial charge in [-0.05, 0) is 24.5 Å². The van der Waals surface area contributed by atoms with Crippen LogP contribution >= 0.6 is 22.7 Å². The number of rotatable bonds is 11. The molecule has 1 aromatic carbocycles. The highest BCUT2D eigenvalue weighted by atomic mass is 32.1. The van der Waals surface area contributed by atoms with Crippen LogP contribution in [-0.4, -0.2) is 21.5 Å². The second kappa shape index (κ2) is 10.9. The summed E-state index contributed by atoms with van der Waals surface area (Å²) < 4.78 is 0. The molecule has 0 amide bonds. The number of aromatic nitrogens is 2. The van der Waals surface area contributed by atoms with Crippen molar-refractivity contribution in [2.45, 2.75) is 45.4 Å². The number of hydrogen-bond acceptors (Lipinski definition) is 6. The summed E-state index contributed by atoms with van der Waals surface area (Å²) in [6.07, 6.45) is 9.90. The van der Waals surface area contributed by atoms with Crippen molar-refractivity contribution in [3.63, 3.8) is 0 Å². The fourth-order valence-electron chi connectivity index (χ4n) is 2.88. The number of hydrogen-bond donors (Lipinski definition) is 0. The number of thiazole rings is 2. The zero-order valence-corrected chi connectivity index (χ0v) is 18.1. The number of benzene rings is 1. The lowest BCUT2D eigenvalue weighted by Gasteiger charge is -2.00. The van der Waals surface area contributed by atoms with Crippen molar-refractivity contribution in [3.8, 4) is 10.0 Å². The highest BCUT2D eigenvalue weighted by Crippen LogP contribution is 2.31. The van der Waals surface area contributed by atoms with Crippen LogP contribution < -0.4 is 0 Å². The van der Waals surface area contributed by atoms with Gasteiger partial charge in [-0.15, -0.1) is 22.7 Å². The fourth-order valence-corrected chi connectivity index (χ4v) is 4.55. The van der Waals surface area contributed by atoms with E-state index in [1.807, 2.05) is 54.8 Å². The minimum Gasteiger partial charge on any atom is -0.300 e. The Hall–Kier alpha value is -2.44. The summed E-state index contributed by atoms with van der Waals surface area (Å²) in [5.41, 5.74) is 1.60. The Balaban J connectivity index is 1.71. The van der Waals surface area contributed by atoms with E-state index < -0.39 is 0 Å². The third-order valence-electron chi connectivity index (χ3n) is 4.51. The SMILES string of the molecule is CCC(=O)CCCCCC(=O)c1nc(-c2nccs2)sc1/C=C/c1ccccc1. The summed E-state index contributed by atoms with van der Waals surface area (Å²) in [6.45, 7) is 1.89. The molecule has 3 aromatic rings. The van der Waals surface area contributed by atoms with Gasteiger partial charge in [-0.2, -0.15) is 0 Å². The first-order valence-electron chi connectivity index (χ1n) is 9.86. The van der Waals surface area contributed by atoms with Gasteiger partial charge < -0.3 is 0 Å². The molecule has 0 aliphatic rings. The van der Waals surface area contributed by atoms with Crippen molar-refractivity contribution in [3.05, 3.63) is 58.0 Å². The first kappa shape index (κ1) is 21.3. The van der Waals surface area contributed by atoms with E-state index in [9.17, 15) is 9.59 Å². The third kappa shape index (κ3) is 6.27. The maximum Gasteiger partial charge on any atom is 0.182 e. The number of unbranched alkanes of at least 4 members (excludes halogenated alkanes) is 2. The van der Waals surface area contributed by atoms with Gasteiger partial charge in [0.1, 0.15) is 11.5 Å². The van der Waals surface area contributed by atoms with Gasteiger partial charge in [0.2, 0.25) is 0 Å². The molecule has 0 aliphatic heterocycles. The van der Waals surface area contributed by atoms with Crippen LogP contribution in [-0.2, 0) is 4.79 Å². The molecule has 0 saturated heterocycles. The summed E-state index contributed by atoms with van der Waals surface area (Å²) in [7, 11) is 0. The molecule has 0 radical (unpaired) electrons. The number of carbonyl (C=O) groups is 2. The molecule has 3 rings (SSSR count). The second-order valence-corrected chi connectivity index (χ2v) is 8.61. The van der Waals surface area contributed by atoms with E-state index in [1.165, 1.54) is 22.7 Å². The predicted molar refractivity (Wildman–Crippen MR) is 121 cm³/mol. The molecule has 0 unspecified atom stereocenters. The van der Waals surface area contributed by atoms with E-state index >= 15 is 0 Å². The largest absolute Gasteiger partial charge is 0.300 e. The standard InChI is InChI=1S/C23H24N2O2S2/c1-2-18(26)11-7-4-8-12-19(27)21-20(14-13-17-9-5-3-6-10-17)29-23(25-21)22-24-15-16-28-22/h3,5-6,9-10,13-16H,2,4,7-8,11-12H2,1H3/b14-13+. The number of nitrogens with zero attached hydrogens (tertiary/aromatic N) is 2. The van der Waals surface area contributed by atoms with Gasteiger partial charge in [0.05, 0.1) is 4.88 Å². The quantitative estimate of drug-likeness (QED) is 0.259. The predicted octanol–water partition coefficient (Wildman–Crippen LogP) is 6.55. The molecule has 2 heterocycles. The lowest BCUT2D eigenvalue weighted by Crippen LogP contribution is -2.02. The summed E-state index contributed by atoms with van der Waals surface area (Å²) in [6, 6.07) is 10.0. The maximum atomic E-state index is 12.8. The summed E-state index contributed by atoms with van der Waals surface area (Å²) in [4.78, 5) is 34.0. The highest BCUT2D eigenvalue weighted by Gasteiger charge is 2.18. The summed E-state index contributed by atoms with van der Waals surface area (Å²) in [5, 5.41) is 3.53. The molecule has 0 N–H and O–H groups in total. The fraction of sp³-hybridized carbons (Fsp3) is 0.304. The monoisotopic (exact) mass is 424 g/mol. The van der Waals surface area contributed by atoms with E-state index in [0.29, 0.717) is 25.0 Å². The van der Waals surface area contributed by atoms with Crippen molar-refractivity contribution in [2.75, 3.05) is 0 Å². The average Bonchev–Trinajstić information content (AvgIpc) is 3.42. The van der Waals surface area contributed by atoms with Crippen LogP contribution in [0.25, 0.3) is 22.2 Å². The molecular weight excluding hydrogens is 400 g/mol. The minimum atomic E-state index is 0.0542. The van der Waals surface area contributed by atoms with Crippen LogP contribution in [0.3, 0.4) is 0 Å². The molecule has 0 fully saturated rings. The van der Waals surface area contributed by atoms with Gasteiger partial charge in [0.15, 0.2) is 15.8 Å². The van der Waals surface area contributed by atoms with Gasteiger partial charge in [-0.25, -0.2) is 9.97 Å². The number of carbonyl (C=O) groups excluding carboxylic acids is 2. The van der Waals surface area contributed by atoms with Crippen molar-refractivity contribution < 1.29 is 9.59 Å². The van der Waals surface area contributed by atoms with Crippen molar-refractivity contribution in [2.24, 2.45) is 0 Å². The van der Waals surface area contributed by atoms with Gasteiger partial charge in [0, 0.05) is 30.8 Å². The van der Waals surface area contributed by atoms with Crippen LogP contribution in [0, 0.1) is 0 Å². The normalized spacial score (nSPS) is 11.2. The Morgan fingerprint density at radius 3 is 2.52 bits per heavy atom. The number of Topliss-reactive ketones (excluding diaryl/α,β-unsaturated/α-hetero) is 2. The molecule has 2 aromatic heterocycles. The van der Waals surface area contributed by atoms with Crippen molar-refractivity contribution in [1.82, 2.24) is 9.97 Å².